The number of hydrogen-bond donors (Lipinski definition) is 1. The van der Waals surface area contributed by atoms with E-state index < -0.39 is 0 Å². The van der Waals surface area contributed by atoms with E-state index >= 15 is 0 Å². The van der Waals surface area contributed by atoms with Gasteiger partial charge in [-0.05, 0) is 31.0 Å². The Hall–Kier alpha value is -2.06. The average molecular weight is 395 g/mol. The van der Waals surface area contributed by atoms with Crippen LogP contribution in [0.4, 0.5) is 0 Å². The van der Waals surface area contributed by atoms with Gasteiger partial charge in [0.2, 0.25) is 5.91 Å². The fourth-order valence-electron chi connectivity index (χ4n) is 2.11. The van der Waals surface area contributed by atoms with Crippen LogP contribution in [0.2, 0.25) is 0 Å². The van der Waals surface area contributed by atoms with Crippen molar-refractivity contribution in [1.29, 1.82) is 0 Å². The number of nitrogens with zero attached hydrogens (tertiary/aromatic N) is 1. The maximum atomic E-state index is 11.9. The summed E-state index contributed by atoms with van der Waals surface area (Å²) in [6.07, 6.45) is 0.931. The number of hydrogen-bond acceptors (Lipinski definition) is 7. The van der Waals surface area contributed by atoms with Crippen molar-refractivity contribution in [2.24, 2.45) is 0 Å². The smallest absolute Gasteiger partial charge is 0.311 e. The van der Waals surface area contributed by atoms with Crippen molar-refractivity contribution in [3.8, 4) is 5.75 Å². The normalized spacial score (nSPS) is 10.4. The molecule has 1 aromatic heterocycles. The maximum Gasteiger partial charge on any atom is 0.311 e. The minimum Gasteiger partial charge on any atom is -0.497 e. The Bertz CT molecular complexity index is 716. The molecule has 0 aliphatic rings. The molecule has 0 radical (unpaired) electrons. The monoisotopic (exact) mass is 394 g/mol. The molecule has 1 amide bonds. The molecular weight excluding hydrogens is 372 g/mol. The number of nitrogens with one attached hydrogen (secondary N) is 1. The Morgan fingerprint density at radius 3 is 2.73 bits per heavy atom. The van der Waals surface area contributed by atoms with E-state index in [1.807, 2.05) is 29.6 Å². The van der Waals surface area contributed by atoms with Crippen LogP contribution >= 0.6 is 23.1 Å². The van der Waals surface area contributed by atoms with Gasteiger partial charge in [-0.3, -0.25) is 9.59 Å². The van der Waals surface area contributed by atoms with Crippen LogP contribution < -0.4 is 10.1 Å². The van der Waals surface area contributed by atoms with Crippen molar-refractivity contribution in [3.05, 3.63) is 40.9 Å². The first-order chi connectivity index (χ1) is 12.6. The van der Waals surface area contributed by atoms with E-state index in [9.17, 15) is 9.59 Å². The van der Waals surface area contributed by atoms with E-state index in [0.717, 1.165) is 22.1 Å². The van der Waals surface area contributed by atoms with E-state index in [4.69, 9.17) is 9.47 Å². The number of carbonyl (C=O) groups excluding carboxylic acids is 2. The highest BCUT2D eigenvalue weighted by molar-refractivity contribution is 8.01. The first-order valence-corrected chi connectivity index (χ1v) is 10.1. The Balaban J connectivity index is 1.66. The van der Waals surface area contributed by atoms with Gasteiger partial charge in [0.15, 0.2) is 4.34 Å². The highest BCUT2D eigenvalue weighted by atomic mass is 32.2. The van der Waals surface area contributed by atoms with Gasteiger partial charge in [-0.25, -0.2) is 4.98 Å². The summed E-state index contributed by atoms with van der Waals surface area (Å²) < 4.78 is 10.8. The zero-order valence-electron chi connectivity index (χ0n) is 14.8. The minimum absolute atomic E-state index is 0.0364. The molecule has 0 saturated carbocycles. The predicted octanol–water partition coefficient (Wildman–Crippen LogP) is 2.71. The summed E-state index contributed by atoms with van der Waals surface area (Å²) in [7, 11) is 1.63. The van der Waals surface area contributed by atoms with E-state index in [2.05, 4.69) is 10.3 Å². The van der Waals surface area contributed by atoms with Crippen LogP contribution in [0.15, 0.2) is 34.0 Å². The fraction of sp³-hybridized carbons (Fsp3) is 0.389. The molecule has 1 N–H and O–H groups in total. The number of ether oxygens (including phenoxy) is 2. The molecule has 2 aromatic rings. The van der Waals surface area contributed by atoms with Gasteiger partial charge in [0, 0.05) is 11.9 Å². The third-order valence-electron chi connectivity index (χ3n) is 3.38. The highest BCUT2D eigenvalue weighted by Gasteiger charge is 2.10. The molecule has 0 bridgehead atoms. The first-order valence-electron chi connectivity index (χ1n) is 8.23. The predicted molar refractivity (Wildman–Crippen MR) is 103 cm³/mol. The van der Waals surface area contributed by atoms with Crippen LogP contribution in [0.25, 0.3) is 0 Å². The quantitative estimate of drug-likeness (QED) is 0.493. The van der Waals surface area contributed by atoms with Crippen LogP contribution in [-0.4, -0.2) is 42.9 Å². The number of aromatic nitrogens is 1. The minimum atomic E-state index is -0.286. The molecule has 0 atom stereocenters. The van der Waals surface area contributed by atoms with Gasteiger partial charge in [-0.2, -0.15) is 0 Å². The van der Waals surface area contributed by atoms with E-state index in [-0.39, 0.29) is 18.3 Å². The summed E-state index contributed by atoms with van der Waals surface area (Å²) in [6, 6.07) is 7.79. The first kappa shape index (κ1) is 20.3. The number of amides is 1. The molecule has 1 heterocycles. The Morgan fingerprint density at radius 2 is 2.04 bits per heavy atom. The Kier molecular flexibility index (Phi) is 8.43. The van der Waals surface area contributed by atoms with Gasteiger partial charge >= 0.3 is 5.97 Å². The highest BCUT2D eigenvalue weighted by Crippen LogP contribution is 2.22. The third kappa shape index (κ3) is 7.05. The van der Waals surface area contributed by atoms with Gasteiger partial charge in [-0.15, -0.1) is 11.3 Å². The molecule has 0 fully saturated rings. The molecule has 2 rings (SSSR count). The maximum absolute atomic E-state index is 11.9. The van der Waals surface area contributed by atoms with Crippen molar-refractivity contribution in [2.45, 2.75) is 24.1 Å². The summed E-state index contributed by atoms with van der Waals surface area (Å²) in [5, 5.41) is 4.72. The lowest BCUT2D eigenvalue weighted by molar-refractivity contribution is -0.142. The zero-order chi connectivity index (χ0) is 18.8. The molecular formula is C18H22N2O4S2. The topological polar surface area (TPSA) is 77.5 Å². The standard InChI is InChI=1S/C18H22N2O4S2/c1-3-24-17(22)10-14-11-25-18(20-14)26-12-16(21)19-9-8-13-4-6-15(23-2)7-5-13/h4-7,11H,3,8-10,12H2,1-2H3,(H,19,21). The molecule has 0 unspecified atom stereocenters. The average Bonchev–Trinajstić information content (AvgIpc) is 3.08. The van der Waals surface area contributed by atoms with E-state index in [0.29, 0.717) is 24.6 Å². The van der Waals surface area contributed by atoms with Gasteiger partial charge in [-0.1, -0.05) is 23.9 Å². The molecule has 1 aromatic carbocycles. The van der Waals surface area contributed by atoms with Gasteiger partial charge < -0.3 is 14.8 Å². The lowest BCUT2D eigenvalue weighted by atomic mass is 10.1. The van der Waals surface area contributed by atoms with Crippen LogP contribution in [0, 0.1) is 0 Å². The molecule has 0 aliphatic heterocycles. The number of benzene rings is 1. The summed E-state index contributed by atoms with van der Waals surface area (Å²) >= 11 is 2.80. The van der Waals surface area contributed by atoms with Crippen molar-refractivity contribution >= 4 is 35.0 Å². The van der Waals surface area contributed by atoms with Crippen molar-refractivity contribution in [2.75, 3.05) is 26.0 Å². The lowest BCUT2D eigenvalue weighted by Gasteiger charge is -2.05. The van der Waals surface area contributed by atoms with Crippen LogP contribution in [0.5, 0.6) is 5.75 Å². The molecule has 8 heteroatoms. The number of rotatable bonds is 10. The second-order valence-electron chi connectivity index (χ2n) is 5.32. The van der Waals surface area contributed by atoms with Crippen molar-refractivity contribution in [1.82, 2.24) is 10.3 Å². The van der Waals surface area contributed by atoms with Crippen molar-refractivity contribution < 1.29 is 19.1 Å². The van der Waals surface area contributed by atoms with E-state index in [1.165, 1.54) is 23.1 Å². The molecule has 6 nitrogen and oxygen atoms in total. The molecule has 140 valence electrons. The number of thioether (sulfide) groups is 1. The van der Waals surface area contributed by atoms with Crippen LogP contribution in [-0.2, 0) is 27.2 Å². The Labute approximate surface area is 161 Å². The fourth-order valence-corrected chi connectivity index (χ4v) is 3.79. The second kappa shape index (κ2) is 10.8. The van der Waals surface area contributed by atoms with Crippen molar-refractivity contribution in [3.63, 3.8) is 0 Å². The largest absolute Gasteiger partial charge is 0.497 e. The molecule has 0 aliphatic carbocycles. The second-order valence-corrected chi connectivity index (χ2v) is 7.40. The van der Waals surface area contributed by atoms with Gasteiger partial charge in [0.25, 0.3) is 0 Å². The third-order valence-corrected chi connectivity index (χ3v) is 5.45. The Morgan fingerprint density at radius 1 is 1.27 bits per heavy atom. The number of thiazole rings is 1. The van der Waals surface area contributed by atoms with Gasteiger partial charge in [0.05, 0.1) is 31.6 Å². The summed E-state index contributed by atoms with van der Waals surface area (Å²) in [5.41, 5.74) is 1.82. The zero-order valence-corrected chi connectivity index (χ0v) is 16.5. The number of methoxy groups -OCH3 is 1. The molecule has 0 spiro atoms. The molecule has 0 saturated heterocycles. The summed E-state index contributed by atoms with van der Waals surface area (Å²) in [5.74, 6) is 0.797. The van der Waals surface area contributed by atoms with E-state index in [1.54, 1.807) is 14.0 Å². The number of esters is 1. The van der Waals surface area contributed by atoms with Crippen LogP contribution in [0.1, 0.15) is 18.2 Å². The SMILES string of the molecule is CCOC(=O)Cc1csc(SCC(=O)NCCc2ccc(OC)cc2)n1. The summed E-state index contributed by atoms with van der Waals surface area (Å²) in [4.78, 5) is 27.7. The molecule has 26 heavy (non-hydrogen) atoms. The van der Waals surface area contributed by atoms with Crippen LogP contribution in [0.3, 0.4) is 0 Å². The summed E-state index contributed by atoms with van der Waals surface area (Å²) in [6.45, 7) is 2.71. The van der Waals surface area contributed by atoms with Gasteiger partial charge in [0.1, 0.15) is 5.75 Å². The number of carbonyl (C=O) groups is 2. The lowest BCUT2D eigenvalue weighted by Crippen LogP contribution is -2.27.